The van der Waals surface area contributed by atoms with E-state index in [2.05, 4.69) is 4.98 Å². The SMILES string of the molecule is COc1ncccc1B(O)O.Cl. The molecule has 0 bridgehead atoms. The first kappa shape index (κ1) is 11.2. The lowest BCUT2D eigenvalue weighted by Gasteiger charge is -2.03. The Morgan fingerprint density at radius 3 is 2.58 bits per heavy atom. The normalized spacial score (nSPS) is 8.58. The summed E-state index contributed by atoms with van der Waals surface area (Å²) in [6, 6.07) is 3.15. The van der Waals surface area contributed by atoms with Crippen LogP contribution >= 0.6 is 12.4 Å². The zero-order valence-electron chi connectivity index (χ0n) is 6.47. The second kappa shape index (κ2) is 4.98. The number of pyridine rings is 1. The minimum absolute atomic E-state index is 0. The van der Waals surface area contributed by atoms with E-state index in [1.165, 1.54) is 19.4 Å². The maximum Gasteiger partial charge on any atom is 0.493 e. The van der Waals surface area contributed by atoms with Crippen molar-refractivity contribution < 1.29 is 14.8 Å². The van der Waals surface area contributed by atoms with Crippen molar-refractivity contribution in [2.45, 2.75) is 0 Å². The maximum absolute atomic E-state index is 8.77. The summed E-state index contributed by atoms with van der Waals surface area (Å²) in [5.41, 5.74) is 0.273. The predicted octanol–water partition coefficient (Wildman–Crippen LogP) is -0.808. The number of ether oxygens (including phenoxy) is 1. The molecule has 4 nitrogen and oxygen atoms in total. The molecule has 0 unspecified atom stereocenters. The molecule has 66 valence electrons. The second-order valence-corrected chi connectivity index (χ2v) is 1.98. The summed E-state index contributed by atoms with van der Waals surface area (Å²) >= 11 is 0. The fraction of sp³-hybridized carbons (Fsp3) is 0.167. The van der Waals surface area contributed by atoms with Gasteiger partial charge in [0.25, 0.3) is 0 Å². The van der Waals surface area contributed by atoms with E-state index in [1.54, 1.807) is 6.07 Å². The Kier molecular flexibility index (Phi) is 4.65. The topological polar surface area (TPSA) is 62.6 Å². The lowest BCUT2D eigenvalue weighted by atomic mass is 9.81. The minimum Gasteiger partial charge on any atom is -0.481 e. The Balaban J connectivity index is 0.00000121. The molecule has 0 amide bonds. The largest absolute Gasteiger partial charge is 0.493 e. The highest BCUT2D eigenvalue weighted by Crippen LogP contribution is 1.99. The molecular formula is C6H9BClNO3. The zero-order chi connectivity index (χ0) is 8.27. The quantitative estimate of drug-likeness (QED) is 0.598. The molecule has 1 aromatic rings. The smallest absolute Gasteiger partial charge is 0.481 e. The molecule has 2 N–H and O–H groups in total. The van der Waals surface area contributed by atoms with Gasteiger partial charge in [0.05, 0.1) is 7.11 Å². The Hall–Kier alpha value is -0.775. The Bertz CT molecular complexity index is 246. The van der Waals surface area contributed by atoms with Crippen LogP contribution in [0, 0.1) is 0 Å². The Morgan fingerprint density at radius 1 is 1.50 bits per heavy atom. The number of halogens is 1. The highest BCUT2D eigenvalue weighted by atomic mass is 35.5. The van der Waals surface area contributed by atoms with Gasteiger partial charge in [0, 0.05) is 11.7 Å². The molecule has 0 aliphatic carbocycles. The number of hydrogen-bond donors (Lipinski definition) is 2. The van der Waals surface area contributed by atoms with E-state index in [0.717, 1.165) is 0 Å². The van der Waals surface area contributed by atoms with Gasteiger partial charge in [-0.05, 0) is 6.07 Å². The number of methoxy groups -OCH3 is 1. The molecule has 0 radical (unpaired) electrons. The van der Waals surface area contributed by atoms with Crippen LogP contribution in [0.2, 0.25) is 0 Å². The van der Waals surface area contributed by atoms with E-state index < -0.39 is 7.12 Å². The highest BCUT2D eigenvalue weighted by Gasteiger charge is 2.16. The average molecular weight is 189 g/mol. The standard InChI is InChI=1S/C6H8BNO3.ClH/c1-11-6-5(7(9)10)3-2-4-8-6;/h2-4,9-10H,1H3;1H. The van der Waals surface area contributed by atoms with Gasteiger partial charge < -0.3 is 14.8 Å². The van der Waals surface area contributed by atoms with E-state index >= 15 is 0 Å². The van der Waals surface area contributed by atoms with Gasteiger partial charge in [-0.2, -0.15) is 0 Å². The summed E-state index contributed by atoms with van der Waals surface area (Å²) in [7, 11) is -0.104. The number of hydrogen-bond acceptors (Lipinski definition) is 4. The van der Waals surface area contributed by atoms with E-state index in [-0.39, 0.29) is 23.7 Å². The molecule has 0 fully saturated rings. The monoisotopic (exact) mass is 189 g/mol. The average Bonchev–Trinajstić information content (AvgIpc) is 2.04. The third kappa shape index (κ3) is 2.37. The van der Waals surface area contributed by atoms with Crippen molar-refractivity contribution in [3.05, 3.63) is 18.3 Å². The summed E-state index contributed by atoms with van der Waals surface area (Å²) in [6.45, 7) is 0. The summed E-state index contributed by atoms with van der Waals surface area (Å²) in [5.74, 6) is 0.238. The molecule has 12 heavy (non-hydrogen) atoms. The predicted molar refractivity (Wildman–Crippen MR) is 47.9 cm³/mol. The molecule has 0 aliphatic heterocycles. The lowest BCUT2D eigenvalue weighted by molar-refractivity contribution is 0.391. The molecule has 0 aromatic carbocycles. The van der Waals surface area contributed by atoms with Crippen LogP contribution in [0.4, 0.5) is 0 Å². The van der Waals surface area contributed by atoms with Crippen LogP contribution in [0.5, 0.6) is 5.88 Å². The van der Waals surface area contributed by atoms with Gasteiger partial charge >= 0.3 is 7.12 Å². The molecule has 0 saturated heterocycles. The highest BCUT2D eigenvalue weighted by molar-refractivity contribution is 6.59. The lowest BCUT2D eigenvalue weighted by Crippen LogP contribution is -2.31. The van der Waals surface area contributed by atoms with Gasteiger partial charge in [0.2, 0.25) is 5.88 Å². The van der Waals surface area contributed by atoms with Crippen LogP contribution < -0.4 is 10.2 Å². The van der Waals surface area contributed by atoms with Gasteiger partial charge in [0.1, 0.15) is 0 Å². The minimum atomic E-state index is -1.53. The molecule has 0 aliphatic rings. The third-order valence-corrected chi connectivity index (χ3v) is 1.27. The van der Waals surface area contributed by atoms with Crippen molar-refractivity contribution in [1.82, 2.24) is 4.98 Å². The van der Waals surface area contributed by atoms with Crippen molar-refractivity contribution >= 4 is 25.0 Å². The van der Waals surface area contributed by atoms with Gasteiger partial charge in [-0.15, -0.1) is 12.4 Å². The molecule has 1 rings (SSSR count). The first-order valence-corrected chi connectivity index (χ1v) is 3.10. The van der Waals surface area contributed by atoms with Gasteiger partial charge in [-0.25, -0.2) is 4.98 Å². The molecule has 0 spiro atoms. The second-order valence-electron chi connectivity index (χ2n) is 1.98. The molecule has 1 aromatic heterocycles. The van der Waals surface area contributed by atoms with Crippen LogP contribution in [0.1, 0.15) is 0 Å². The van der Waals surface area contributed by atoms with E-state index in [1.807, 2.05) is 0 Å². The van der Waals surface area contributed by atoms with E-state index in [0.29, 0.717) is 0 Å². The maximum atomic E-state index is 8.77. The number of rotatable bonds is 2. The third-order valence-electron chi connectivity index (χ3n) is 1.27. The molecule has 0 saturated carbocycles. The number of aromatic nitrogens is 1. The van der Waals surface area contributed by atoms with E-state index in [9.17, 15) is 0 Å². The first-order valence-electron chi connectivity index (χ1n) is 3.10. The van der Waals surface area contributed by atoms with Crippen molar-refractivity contribution in [3.8, 4) is 5.88 Å². The summed E-state index contributed by atoms with van der Waals surface area (Å²) in [4.78, 5) is 3.78. The molecule has 1 heterocycles. The van der Waals surface area contributed by atoms with Crippen LogP contribution in [-0.4, -0.2) is 29.3 Å². The summed E-state index contributed by atoms with van der Waals surface area (Å²) < 4.78 is 4.78. The number of nitrogens with zero attached hydrogens (tertiary/aromatic N) is 1. The fourth-order valence-corrected chi connectivity index (χ4v) is 0.770. The Morgan fingerprint density at radius 2 is 2.17 bits per heavy atom. The van der Waals surface area contributed by atoms with Crippen LogP contribution in [0.3, 0.4) is 0 Å². The van der Waals surface area contributed by atoms with Crippen molar-refractivity contribution in [2.75, 3.05) is 7.11 Å². The van der Waals surface area contributed by atoms with Gasteiger partial charge in [-0.3, -0.25) is 0 Å². The van der Waals surface area contributed by atoms with E-state index in [4.69, 9.17) is 14.8 Å². The van der Waals surface area contributed by atoms with Gasteiger partial charge in [-0.1, -0.05) is 6.07 Å². The fourth-order valence-electron chi connectivity index (χ4n) is 0.770. The van der Waals surface area contributed by atoms with Crippen LogP contribution in [0.15, 0.2) is 18.3 Å². The Labute approximate surface area is 76.8 Å². The zero-order valence-corrected chi connectivity index (χ0v) is 7.28. The van der Waals surface area contributed by atoms with Gasteiger partial charge in [0.15, 0.2) is 0 Å². The molecule has 6 heteroatoms. The first-order chi connectivity index (χ1) is 5.25. The van der Waals surface area contributed by atoms with Crippen molar-refractivity contribution in [3.63, 3.8) is 0 Å². The summed E-state index contributed by atoms with van der Waals surface area (Å²) in [6.07, 6.45) is 1.52. The summed E-state index contributed by atoms with van der Waals surface area (Å²) in [5, 5.41) is 17.5. The van der Waals surface area contributed by atoms with Crippen molar-refractivity contribution in [2.24, 2.45) is 0 Å². The van der Waals surface area contributed by atoms with Crippen LogP contribution in [-0.2, 0) is 0 Å². The molecule has 0 atom stereocenters. The van der Waals surface area contributed by atoms with Crippen LogP contribution in [0.25, 0.3) is 0 Å². The van der Waals surface area contributed by atoms with Crippen molar-refractivity contribution in [1.29, 1.82) is 0 Å². The molecular weight excluding hydrogens is 180 g/mol.